The van der Waals surface area contributed by atoms with Gasteiger partial charge in [-0.25, -0.2) is 0 Å². The van der Waals surface area contributed by atoms with E-state index in [1.54, 1.807) is 0 Å². The number of hydrogen-bond acceptors (Lipinski definition) is 16. The maximum atomic E-state index is 13.3. The fraction of sp³-hybridized carbons (Fsp3) is 0.712. The average Bonchev–Trinajstić information content (AvgIpc) is 0.822. The number of amides is 7. The molecule has 23 nitrogen and oxygen atoms in total. The summed E-state index contributed by atoms with van der Waals surface area (Å²) in [5.74, 6) is -2.00. The van der Waals surface area contributed by atoms with Crippen LogP contribution in [0.15, 0.2) is 48.5 Å². The van der Waals surface area contributed by atoms with E-state index in [0.717, 1.165) is 61.5 Å². The Bertz CT molecular complexity index is 2370. The van der Waals surface area contributed by atoms with E-state index in [0.29, 0.717) is 46.5 Å². The molecule has 0 aliphatic heterocycles. The molecule has 0 saturated carbocycles. The van der Waals surface area contributed by atoms with Gasteiger partial charge in [-0.15, -0.1) is 0 Å². The fourth-order valence-electron chi connectivity index (χ4n) is 12.6. The Morgan fingerprint density at radius 3 is 0.918 bits per heavy atom. The van der Waals surface area contributed by atoms with Gasteiger partial charge in [0.1, 0.15) is 11.5 Å². The van der Waals surface area contributed by atoms with Crippen molar-refractivity contribution in [2.24, 2.45) is 28.7 Å². The Hall–Kier alpha value is -6.10. The molecular formula is C73H132N10O13Si2. The van der Waals surface area contributed by atoms with E-state index in [9.17, 15) is 43.2 Å². The van der Waals surface area contributed by atoms with E-state index >= 15 is 0 Å². The van der Waals surface area contributed by atoms with Crippen molar-refractivity contribution in [2.75, 3.05) is 72.2 Å². The van der Waals surface area contributed by atoms with Gasteiger partial charge in [-0.05, 0) is 94.3 Å². The van der Waals surface area contributed by atoms with Gasteiger partial charge in [0.2, 0.25) is 41.4 Å². The highest BCUT2D eigenvalue weighted by Gasteiger charge is 2.46. The highest BCUT2D eigenvalue weighted by Crippen LogP contribution is 2.43. The van der Waals surface area contributed by atoms with Crippen LogP contribution in [0.1, 0.15) is 242 Å². The molecule has 2 aromatic rings. The third kappa shape index (κ3) is 40.8. The van der Waals surface area contributed by atoms with Crippen molar-refractivity contribution in [1.29, 1.82) is 0 Å². The second-order valence-electron chi connectivity index (χ2n) is 27.3. The van der Waals surface area contributed by atoms with Crippen LogP contribution in [0.3, 0.4) is 0 Å². The minimum atomic E-state index is -1.75. The minimum Gasteiger partial charge on any atom is -0.494 e. The maximum absolute atomic E-state index is 13.3. The van der Waals surface area contributed by atoms with Gasteiger partial charge in [0.15, 0.2) is 28.2 Å². The zero-order chi connectivity index (χ0) is 73.9. The van der Waals surface area contributed by atoms with Crippen LogP contribution < -0.4 is 64.7 Å². The first-order valence-electron chi connectivity index (χ1n) is 36.3. The number of ether oxygens (including phenoxy) is 2. The lowest BCUT2D eigenvalue weighted by molar-refractivity contribution is -0.126. The summed E-state index contributed by atoms with van der Waals surface area (Å²) in [5, 5.41) is 12.3. The molecule has 98 heavy (non-hydrogen) atoms. The minimum absolute atomic E-state index is 0.00976. The third-order valence-electron chi connectivity index (χ3n) is 17.7. The molecule has 2 aromatic carbocycles. The Balaban J connectivity index is 0.00000300. The molecule has 25 heteroatoms. The number of rotatable bonds is 54. The number of carbonyl (C=O) groups is 9. The summed E-state index contributed by atoms with van der Waals surface area (Å²) < 4.78 is 25.7. The maximum Gasteiger partial charge on any atom is 0.239 e. The zero-order valence-corrected chi connectivity index (χ0v) is 64.2. The molecule has 0 aliphatic rings. The Morgan fingerprint density at radius 2 is 0.622 bits per heavy atom. The van der Waals surface area contributed by atoms with E-state index in [2.05, 4.69) is 110 Å². The highest BCUT2D eigenvalue weighted by atomic mass is 28.4. The van der Waals surface area contributed by atoms with Crippen molar-refractivity contribution in [1.82, 2.24) is 26.6 Å². The summed E-state index contributed by atoms with van der Waals surface area (Å²) in [7, 11) is -3.50. The van der Waals surface area contributed by atoms with Crippen LogP contribution in [0.25, 0.3) is 0 Å². The summed E-state index contributed by atoms with van der Waals surface area (Å²) in [5.41, 5.74) is 30.6. The van der Waals surface area contributed by atoms with Gasteiger partial charge in [-0.1, -0.05) is 197 Å². The molecule has 2 rings (SSSR count). The molecule has 0 spiro atoms. The van der Waals surface area contributed by atoms with Gasteiger partial charge in [-0.2, -0.15) is 0 Å². The van der Waals surface area contributed by atoms with Gasteiger partial charge in [0.05, 0.1) is 65.1 Å². The highest BCUT2D eigenvalue weighted by molar-refractivity contribution is 6.78. The van der Waals surface area contributed by atoms with Crippen LogP contribution in [-0.2, 0) is 52.0 Å². The number of hydrogen-bond donors (Lipinski definition) is 10. The molecule has 0 bridgehead atoms. The normalized spacial score (nSPS) is 11.5. The molecule has 0 fully saturated rings. The number of primary amides is 2. The molecule has 0 heterocycles. The van der Waals surface area contributed by atoms with Crippen LogP contribution in [0.4, 0.5) is 0 Å². The third-order valence-corrected chi connectivity index (χ3v) is 29.9. The number of Topliss-reactive ketones (excluding diaryl/α,β-unsaturated/α-hetero) is 2. The van der Waals surface area contributed by atoms with Gasteiger partial charge < -0.3 is 73.6 Å². The predicted molar refractivity (Wildman–Crippen MR) is 397 cm³/mol. The Morgan fingerprint density at radius 1 is 0.337 bits per heavy atom. The van der Waals surface area contributed by atoms with E-state index in [1.807, 2.05) is 48.5 Å². The molecule has 0 aliphatic carbocycles. The summed E-state index contributed by atoms with van der Waals surface area (Å²) >= 11 is 0. The van der Waals surface area contributed by atoms with Gasteiger partial charge in [0, 0.05) is 38.9 Å². The lowest BCUT2D eigenvalue weighted by atomic mass is 9.98. The predicted octanol–water partition coefficient (Wildman–Crippen LogP) is 10.0. The number of unbranched alkanes of at least 4 members (excludes halogenated alkanes) is 16. The van der Waals surface area contributed by atoms with E-state index < -0.39 is 58.1 Å². The first-order chi connectivity index (χ1) is 46.5. The Kier molecular flexibility index (Phi) is 51.3. The summed E-state index contributed by atoms with van der Waals surface area (Å²) in [6.45, 7) is 30.3. The number of benzene rings is 2. The molecular weight excluding hydrogens is 1280 g/mol. The monoisotopic (exact) mass is 1410 g/mol. The first kappa shape index (κ1) is 91.9. The van der Waals surface area contributed by atoms with Crippen LogP contribution >= 0.6 is 0 Å². The largest absolute Gasteiger partial charge is 0.494 e. The van der Waals surface area contributed by atoms with Crippen molar-refractivity contribution in [2.45, 2.75) is 264 Å². The zero-order valence-electron chi connectivity index (χ0n) is 62.2. The quantitative estimate of drug-likeness (QED) is 0.0217. The molecule has 0 aromatic heterocycles. The molecule has 0 unspecified atom stereocenters. The fourth-order valence-corrected chi connectivity index (χ4v) is 23.6. The number of nitrogens with one attached hydrogen (secondary N) is 5. The second kappa shape index (κ2) is 54.7. The van der Waals surface area contributed by atoms with Crippen molar-refractivity contribution < 1.29 is 61.5 Å². The first-order valence-corrected chi connectivity index (χ1v) is 40.6. The molecule has 560 valence electrons. The van der Waals surface area contributed by atoms with Crippen LogP contribution in [-0.4, -0.2) is 142 Å². The number of nitrogens with two attached hydrogens (primary N) is 5. The van der Waals surface area contributed by atoms with Gasteiger partial charge >= 0.3 is 0 Å². The molecule has 15 N–H and O–H groups in total. The standard InChI is InChI=1S/C60H107N3O7Si2.C7H13N3O3.C6H12N4O3/c1-47(2)71(48(3)4,49(5)6)69-43-29-25-21-17-13-15-19-23-27-41-67-56-36-31-53(32-37-56)60(63-58(65)40-35-55(64)46-62-59(66)45-61)54-33-38-57(39-34-54)68-42-28-24-20-16-14-18-22-26-30-44-70-72(50(7)8,51(9)10)52(11)12;8-3-7(13)10-4-5(11)1-2-6(9)12;7-1-5(12)10-3-6(13)9-2-4(8)11/h31-34,36-39,47-52,60H,13-30,35,40-46,61H2,1-12H3,(H,62,66)(H,63,65);1-4,8H2,(H2,9,12)(H,10,13);1-3,7H2,(H2,8,11)(H,9,13)(H,10,12). The van der Waals surface area contributed by atoms with Crippen molar-refractivity contribution in [3.8, 4) is 11.5 Å². The smallest absolute Gasteiger partial charge is 0.239 e. The summed E-state index contributed by atoms with van der Waals surface area (Å²) in [4.78, 5) is 100. The SMILES string of the molecule is CC(C)[Si](OCCCCCCCCCCCOc1ccc(C(NC(=O)CCC(=O)CNC(=O)CN)c2ccc(OCCCCCCCCCCCO[Si](C(C)C)(C(C)C)C(C)C)cc2)cc1)(C(C)C)C(C)C.NCC(=O)NCC(=O)CCC(N)=O.NCC(=O)NCC(=O)NCC(N)=O. The molecule has 0 radical (unpaired) electrons. The van der Waals surface area contributed by atoms with Crippen LogP contribution in [0, 0.1) is 0 Å². The molecule has 0 saturated heterocycles. The lowest BCUT2D eigenvalue weighted by Crippen LogP contribution is -2.47. The van der Waals surface area contributed by atoms with Crippen LogP contribution in [0.5, 0.6) is 11.5 Å². The number of carbonyl (C=O) groups excluding carboxylic acids is 9. The Labute approximate surface area is 590 Å². The van der Waals surface area contributed by atoms with E-state index in [1.165, 1.54) is 89.9 Å². The summed E-state index contributed by atoms with van der Waals surface area (Å²) in [6, 6.07) is 15.4. The van der Waals surface area contributed by atoms with Gasteiger partial charge in [-0.3, -0.25) is 43.2 Å². The molecule has 0 atom stereocenters. The van der Waals surface area contributed by atoms with Crippen molar-refractivity contribution in [3.05, 3.63) is 59.7 Å². The van der Waals surface area contributed by atoms with Crippen LogP contribution in [0.2, 0.25) is 33.2 Å². The summed E-state index contributed by atoms with van der Waals surface area (Å²) in [6.07, 6.45) is 22.1. The van der Waals surface area contributed by atoms with E-state index in [4.69, 9.17) is 47.0 Å². The van der Waals surface area contributed by atoms with E-state index in [-0.39, 0.29) is 89.0 Å². The topological polar surface area (TPSA) is 381 Å². The molecule has 7 amide bonds. The number of ketones is 2. The lowest BCUT2D eigenvalue weighted by Gasteiger charge is -2.42. The second-order valence-corrected chi connectivity index (χ2v) is 38.2. The van der Waals surface area contributed by atoms with Crippen molar-refractivity contribution in [3.63, 3.8) is 0 Å². The average molecular weight is 1410 g/mol. The van der Waals surface area contributed by atoms with Crippen molar-refractivity contribution >= 4 is 69.6 Å². The van der Waals surface area contributed by atoms with Gasteiger partial charge in [0.25, 0.3) is 0 Å².